The number of azo groups is 1. The average Bonchev–Trinajstić information content (AvgIpc) is 0.855. The maximum Gasteiger partial charge on any atom is 0.343 e. The third-order valence-electron chi connectivity index (χ3n) is 20.8. The van der Waals surface area contributed by atoms with Crippen LogP contribution in [0.1, 0.15) is 170 Å². The molecule has 696 valence electrons. The Morgan fingerprint density at radius 2 is 0.403 bits per heavy atom. The average molecular weight is 1870 g/mol. The van der Waals surface area contributed by atoms with Crippen molar-refractivity contribution >= 4 is 94.7 Å². The fourth-order valence-electron chi connectivity index (χ4n) is 12.8. The number of carbonyl (C=O) groups is 13. The number of rotatable bonds is 37. The van der Waals surface area contributed by atoms with Gasteiger partial charge in [-0.3, -0.25) is 4.79 Å². The normalized spacial score (nSPS) is 11.0. The van der Waals surface area contributed by atoms with Crippen LogP contribution in [0, 0.1) is 5.92 Å². The van der Waals surface area contributed by atoms with Gasteiger partial charge < -0.3 is 71.2 Å². The lowest BCUT2D eigenvalue weighted by Gasteiger charge is -2.20. The van der Waals surface area contributed by atoms with Gasteiger partial charge in [0.1, 0.15) is 69.0 Å². The number of ether oxygens (including phenoxy) is 14. The van der Waals surface area contributed by atoms with Crippen LogP contribution < -0.4 is 61.7 Å². The summed E-state index contributed by atoms with van der Waals surface area (Å²) >= 11 is 0. The van der Waals surface area contributed by atoms with Crippen LogP contribution in [0.15, 0.2) is 350 Å². The van der Waals surface area contributed by atoms with Crippen LogP contribution in [0.25, 0.3) is 0 Å². The van der Waals surface area contributed by atoms with E-state index in [0.29, 0.717) is 48.7 Å². The minimum absolute atomic E-state index is 0.0897. The summed E-state index contributed by atoms with van der Waals surface area (Å²) in [6, 6.07) is 82.7. The zero-order chi connectivity index (χ0) is 97.7. The number of hydrogen-bond donors (Lipinski definition) is 0. The van der Waals surface area contributed by atoms with E-state index >= 15 is 0 Å². The fraction of sp³-hybridized carbons (Fsp3) is 0.110. The van der Waals surface area contributed by atoms with Crippen molar-refractivity contribution in [2.75, 3.05) is 31.2 Å². The first kappa shape index (κ1) is 96.6. The van der Waals surface area contributed by atoms with E-state index in [1.165, 1.54) is 267 Å². The van der Waals surface area contributed by atoms with Crippen molar-refractivity contribution in [3.8, 4) is 69.0 Å². The molecule has 1 unspecified atom stereocenters. The summed E-state index contributed by atoms with van der Waals surface area (Å²) in [7, 11) is 0. The van der Waals surface area contributed by atoms with Gasteiger partial charge in [0.25, 0.3) is 0 Å². The second kappa shape index (κ2) is 46.8. The van der Waals surface area contributed by atoms with Gasteiger partial charge in [-0.05, 0) is 353 Å². The molecule has 0 radical (unpaired) electrons. The molecule has 14 aromatic rings. The van der Waals surface area contributed by atoms with Crippen molar-refractivity contribution in [1.29, 1.82) is 0 Å². The molecule has 0 aromatic heterocycles. The summed E-state index contributed by atoms with van der Waals surface area (Å²) in [5, 5.41) is 8.58. The van der Waals surface area contributed by atoms with E-state index in [0.717, 1.165) is 24.3 Å². The lowest BCUT2D eigenvalue weighted by atomic mass is 10.1. The van der Waals surface area contributed by atoms with Crippen LogP contribution >= 0.6 is 0 Å². The van der Waals surface area contributed by atoms with Gasteiger partial charge in [0.2, 0.25) is 0 Å². The standard InChI is InChI=1S/C109H83N3O27/c1-5-68(4)97(113)127-66-8-65-126-67-69-9-11-70(12-10-69)98(114)128-85-41-13-71(14-42-85)99(115)129-86-43-15-72(16-44-86)100(116)130-87-45-17-73(18-46-87)101(117)131-88-47-19-74(20-48-88)102(118)132-89-49-21-75(22-50-89)103(119)133-90-51-23-76(24-52-90)104(120)134-91-53-25-77(26-54-91)105(121)135-92-55-27-78(28-56-92)106(122)136-93-57-29-79(30-58-93)107(123)137-94-59-31-80(32-60-94)108(124)138-95-61-33-81(34-62-95)109(125)139-96-63-37-83(38-64-96)111-110-82-35-39-84(40-36-82)112(6-2)7-3/h9-64,68H,5-8,65-67H2,1-4H3. The molecule has 0 spiro atoms. The molecule has 0 heterocycles. The van der Waals surface area contributed by atoms with Gasteiger partial charge in [-0.2, -0.15) is 10.2 Å². The van der Waals surface area contributed by atoms with Crippen molar-refractivity contribution in [3.63, 3.8) is 0 Å². The number of esters is 13. The van der Waals surface area contributed by atoms with E-state index < -0.39 is 71.6 Å². The first-order valence-corrected chi connectivity index (χ1v) is 43.4. The van der Waals surface area contributed by atoms with Crippen molar-refractivity contribution in [2.45, 2.75) is 47.1 Å². The zero-order valence-electron chi connectivity index (χ0n) is 74.7. The number of hydrogen-bond acceptors (Lipinski definition) is 30. The van der Waals surface area contributed by atoms with E-state index in [1.54, 1.807) is 48.5 Å². The lowest BCUT2D eigenvalue weighted by molar-refractivity contribution is -0.148. The monoisotopic (exact) mass is 1870 g/mol. The Morgan fingerprint density at radius 1 is 0.230 bits per heavy atom. The van der Waals surface area contributed by atoms with Crippen LogP contribution in [0.3, 0.4) is 0 Å². The van der Waals surface area contributed by atoms with Gasteiger partial charge in [0, 0.05) is 25.2 Å². The Hall–Kier alpha value is -18.5. The maximum atomic E-state index is 13.1. The molecule has 0 fully saturated rings. The minimum atomic E-state index is -0.766. The predicted molar refractivity (Wildman–Crippen MR) is 502 cm³/mol. The summed E-state index contributed by atoms with van der Waals surface area (Å²) in [5.41, 5.74) is 4.87. The lowest BCUT2D eigenvalue weighted by Crippen LogP contribution is -2.21. The number of nitrogens with zero attached hydrogens (tertiary/aromatic N) is 3. The number of anilines is 1. The van der Waals surface area contributed by atoms with E-state index in [9.17, 15) is 62.3 Å². The van der Waals surface area contributed by atoms with Crippen molar-refractivity contribution < 1.29 is 129 Å². The highest BCUT2D eigenvalue weighted by molar-refractivity contribution is 5.99. The maximum absolute atomic E-state index is 13.1. The van der Waals surface area contributed by atoms with E-state index in [-0.39, 0.29) is 143 Å². The molecule has 0 aliphatic carbocycles. The Bertz CT molecular complexity index is 6750. The Kier molecular flexibility index (Phi) is 32.5. The Balaban J connectivity index is 0.448. The van der Waals surface area contributed by atoms with Crippen LogP contribution in [0.4, 0.5) is 17.1 Å². The van der Waals surface area contributed by atoms with Gasteiger partial charge in [0.05, 0.1) is 104 Å². The molecule has 30 nitrogen and oxygen atoms in total. The SMILES string of the molecule is CCC(C)C(=O)OCCCOCc1ccc(C(=O)Oc2ccc(C(=O)Oc3ccc(C(=O)Oc4ccc(C(=O)Oc5ccc(C(=O)Oc6ccc(C(=O)Oc7ccc(C(=O)Oc8ccc(C(=O)Oc9ccc(C(=O)Oc%10ccc(C(=O)Oc%11ccc(C(=O)Oc%12ccc(C(=O)Oc%13ccc(N=Nc%14ccc(N(CC)CC)cc%14)cc%13)cc%12)cc%11)cc%10)cc9)cc8)cc7)cc6)cc5)cc4)cc3)cc2)cc1. The highest BCUT2D eigenvalue weighted by Crippen LogP contribution is 2.31. The Labute approximate surface area is 794 Å². The molecule has 1 atom stereocenters. The molecular weight excluding hydrogens is 1780 g/mol. The highest BCUT2D eigenvalue weighted by atomic mass is 16.6. The van der Waals surface area contributed by atoms with E-state index in [1.807, 2.05) is 38.1 Å². The summed E-state index contributed by atoms with van der Waals surface area (Å²) < 4.78 is 76.9. The van der Waals surface area contributed by atoms with Gasteiger partial charge >= 0.3 is 77.6 Å². The molecule has 0 aliphatic heterocycles. The topological polar surface area (TPSA) is 379 Å². The van der Waals surface area contributed by atoms with Crippen LogP contribution in [0.5, 0.6) is 69.0 Å². The summed E-state index contributed by atoms with van der Waals surface area (Å²) in [6.07, 6.45) is 1.27. The third kappa shape index (κ3) is 27.4. The minimum Gasteiger partial charge on any atom is -0.465 e. The molecule has 0 aliphatic rings. The van der Waals surface area contributed by atoms with Crippen molar-refractivity contribution in [2.24, 2.45) is 16.1 Å². The van der Waals surface area contributed by atoms with E-state index in [4.69, 9.17) is 66.3 Å². The molecule has 14 aromatic carbocycles. The Morgan fingerprint density at radius 3 is 0.583 bits per heavy atom. The molecule has 30 heteroatoms. The van der Waals surface area contributed by atoms with E-state index in [2.05, 4.69) is 29.0 Å². The molecule has 0 bridgehead atoms. The molecule has 0 amide bonds. The predicted octanol–water partition coefficient (Wildman–Crippen LogP) is 21.1. The molecule has 0 saturated heterocycles. The largest absolute Gasteiger partial charge is 0.465 e. The van der Waals surface area contributed by atoms with Crippen LogP contribution in [0.2, 0.25) is 0 Å². The summed E-state index contributed by atoms with van der Waals surface area (Å²) in [6.45, 7) is 10.7. The first-order chi connectivity index (χ1) is 67.4. The molecular formula is C109H83N3O27. The fourth-order valence-corrected chi connectivity index (χ4v) is 12.8. The molecule has 0 N–H and O–H groups in total. The van der Waals surface area contributed by atoms with Gasteiger partial charge in [-0.25, -0.2) is 57.5 Å². The smallest absolute Gasteiger partial charge is 0.343 e. The highest BCUT2D eigenvalue weighted by Gasteiger charge is 2.23. The third-order valence-corrected chi connectivity index (χ3v) is 20.8. The molecule has 14 rings (SSSR count). The summed E-state index contributed by atoms with van der Waals surface area (Å²) in [4.78, 5) is 171. The summed E-state index contributed by atoms with van der Waals surface area (Å²) in [5.74, 6) is -7.52. The molecule has 0 saturated carbocycles. The quantitative estimate of drug-likeness (QED) is 0.0151. The van der Waals surface area contributed by atoms with Crippen LogP contribution in [-0.4, -0.2) is 104 Å². The second-order valence-corrected chi connectivity index (χ2v) is 30.4. The second-order valence-electron chi connectivity index (χ2n) is 30.4. The van der Waals surface area contributed by atoms with Crippen molar-refractivity contribution in [3.05, 3.63) is 412 Å². The zero-order valence-corrected chi connectivity index (χ0v) is 74.7. The first-order valence-electron chi connectivity index (χ1n) is 43.4. The van der Waals surface area contributed by atoms with Crippen LogP contribution in [-0.2, 0) is 20.9 Å². The van der Waals surface area contributed by atoms with Crippen molar-refractivity contribution in [1.82, 2.24) is 0 Å². The van der Waals surface area contributed by atoms with Gasteiger partial charge in [-0.1, -0.05) is 26.0 Å². The number of carbonyl (C=O) groups excluding carboxylic acids is 13. The van der Waals surface area contributed by atoms with Gasteiger partial charge in [-0.15, -0.1) is 0 Å². The van der Waals surface area contributed by atoms with Gasteiger partial charge in [0.15, 0.2) is 0 Å². The number of benzene rings is 14. The molecule has 139 heavy (non-hydrogen) atoms.